The Morgan fingerprint density at radius 3 is 2.64 bits per heavy atom. The van der Waals surface area contributed by atoms with Gasteiger partial charge in [0.15, 0.2) is 0 Å². The molecule has 0 aliphatic heterocycles. The fourth-order valence-corrected chi connectivity index (χ4v) is 2.57. The molecule has 0 saturated carbocycles. The number of amides is 2. The van der Waals surface area contributed by atoms with Gasteiger partial charge >= 0.3 is 0 Å². The summed E-state index contributed by atoms with van der Waals surface area (Å²) in [6.07, 6.45) is 0. The van der Waals surface area contributed by atoms with Gasteiger partial charge in [0.25, 0.3) is 5.91 Å². The lowest BCUT2D eigenvalue weighted by molar-refractivity contribution is -0.116. The van der Waals surface area contributed by atoms with Crippen molar-refractivity contribution in [2.24, 2.45) is 0 Å². The van der Waals surface area contributed by atoms with Gasteiger partial charge in [-0.3, -0.25) is 9.59 Å². The third-order valence-electron chi connectivity index (χ3n) is 3.52. The summed E-state index contributed by atoms with van der Waals surface area (Å²) < 4.78 is 19.6. The van der Waals surface area contributed by atoms with E-state index in [2.05, 4.69) is 21.2 Å². The molecule has 132 valence electrons. The van der Waals surface area contributed by atoms with E-state index < -0.39 is 11.7 Å². The summed E-state index contributed by atoms with van der Waals surface area (Å²) in [7, 11) is 1.53. The molecule has 0 atom stereocenters. The molecule has 0 aromatic heterocycles. The number of anilines is 1. The Kier molecular flexibility index (Phi) is 6.52. The third kappa shape index (κ3) is 5.03. The molecule has 2 aromatic carbocycles. The Morgan fingerprint density at radius 1 is 1.24 bits per heavy atom. The van der Waals surface area contributed by atoms with Crippen LogP contribution in [0.5, 0.6) is 5.75 Å². The van der Waals surface area contributed by atoms with Crippen molar-refractivity contribution in [1.82, 2.24) is 4.90 Å². The van der Waals surface area contributed by atoms with Crippen LogP contribution < -0.4 is 10.1 Å². The molecule has 2 amide bonds. The lowest BCUT2D eigenvalue weighted by atomic mass is 10.2. The first-order valence-corrected chi connectivity index (χ1v) is 8.42. The number of hydrogen-bond acceptors (Lipinski definition) is 3. The number of nitrogens with one attached hydrogen (secondary N) is 1. The molecule has 5 nitrogen and oxygen atoms in total. The van der Waals surface area contributed by atoms with Gasteiger partial charge in [0.05, 0.1) is 12.7 Å². The molecule has 0 saturated heterocycles. The summed E-state index contributed by atoms with van der Waals surface area (Å²) in [6, 6.07) is 11.1. The molecule has 25 heavy (non-hydrogen) atoms. The van der Waals surface area contributed by atoms with E-state index >= 15 is 0 Å². The van der Waals surface area contributed by atoms with E-state index in [9.17, 15) is 14.0 Å². The molecule has 0 spiro atoms. The Hall–Kier alpha value is -2.41. The van der Waals surface area contributed by atoms with Gasteiger partial charge in [-0.25, -0.2) is 4.39 Å². The standard InChI is InChI=1S/C18H18BrFN2O3/c1-3-22(18(24)15-8-7-12(19)9-16(15)20)11-17(23)21-13-5-4-6-14(10-13)25-2/h4-10H,3,11H2,1-2H3,(H,21,23). The smallest absolute Gasteiger partial charge is 0.257 e. The van der Waals surface area contributed by atoms with Crippen molar-refractivity contribution < 1.29 is 18.7 Å². The highest BCUT2D eigenvalue weighted by Gasteiger charge is 2.20. The predicted molar refractivity (Wildman–Crippen MR) is 97.3 cm³/mol. The highest BCUT2D eigenvalue weighted by Crippen LogP contribution is 2.18. The van der Waals surface area contributed by atoms with Crippen LogP contribution in [0.15, 0.2) is 46.9 Å². The Bertz CT molecular complexity index is 783. The average Bonchev–Trinajstić information content (AvgIpc) is 2.59. The fraction of sp³-hybridized carbons (Fsp3) is 0.222. The molecule has 0 unspecified atom stereocenters. The average molecular weight is 409 g/mol. The van der Waals surface area contributed by atoms with E-state index in [4.69, 9.17) is 4.74 Å². The fourth-order valence-electron chi connectivity index (χ4n) is 2.24. The zero-order valence-electron chi connectivity index (χ0n) is 13.9. The van der Waals surface area contributed by atoms with E-state index in [0.29, 0.717) is 15.9 Å². The summed E-state index contributed by atoms with van der Waals surface area (Å²) in [5.74, 6) is -0.932. The van der Waals surface area contributed by atoms with Gasteiger partial charge in [-0.1, -0.05) is 22.0 Å². The molecule has 0 radical (unpaired) electrons. The second kappa shape index (κ2) is 8.62. The quantitative estimate of drug-likeness (QED) is 0.792. The summed E-state index contributed by atoms with van der Waals surface area (Å²) in [6.45, 7) is 1.83. The minimum Gasteiger partial charge on any atom is -0.497 e. The van der Waals surface area contributed by atoms with Crippen LogP contribution >= 0.6 is 15.9 Å². The maximum atomic E-state index is 14.0. The third-order valence-corrected chi connectivity index (χ3v) is 4.01. The summed E-state index contributed by atoms with van der Waals surface area (Å²) in [5, 5.41) is 2.70. The van der Waals surface area contributed by atoms with Gasteiger partial charge in [-0.05, 0) is 37.3 Å². The molecule has 0 aliphatic rings. The lowest BCUT2D eigenvalue weighted by Crippen LogP contribution is -2.38. The van der Waals surface area contributed by atoms with Crippen molar-refractivity contribution in [3.05, 3.63) is 58.3 Å². The summed E-state index contributed by atoms with van der Waals surface area (Å²) in [5.41, 5.74) is 0.488. The molecular formula is C18H18BrFN2O3. The van der Waals surface area contributed by atoms with Gasteiger partial charge in [0, 0.05) is 22.8 Å². The Balaban J connectivity index is 2.07. The number of hydrogen-bond donors (Lipinski definition) is 1. The SMILES string of the molecule is CCN(CC(=O)Nc1cccc(OC)c1)C(=O)c1ccc(Br)cc1F. The van der Waals surface area contributed by atoms with Gasteiger partial charge < -0.3 is 15.0 Å². The minimum atomic E-state index is -0.633. The number of ether oxygens (including phenoxy) is 1. The minimum absolute atomic E-state index is 0.0702. The number of methoxy groups -OCH3 is 1. The molecule has 2 aromatic rings. The van der Waals surface area contributed by atoms with Crippen LogP contribution in [0.2, 0.25) is 0 Å². The van der Waals surface area contributed by atoms with Crippen LogP contribution in [-0.4, -0.2) is 36.9 Å². The molecule has 7 heteroatoms. The molecule has 0 aliphatic carbocycles. The van der Waals surface area contributed by atoms with Crippen LogP contribution in [0.25, 0.3) is 0 Å². The van der Waals surface area contributed by atoms with Gasteiger partial charge in [0.2, 0.25) is 5.91 Å². The second-order valence-corrected chi connectivity index (χ2v) is 6.14. The number of likely N-dealkylation sites (N-methyl/N-ethyl adjacent to an activating group) is 1. The number of rotatable bonds is 6. The number of carbonyl (C=O) groups excluding carboxylic acids is 2. The topological polar surface area (TPSA) is 58.6 Å². The van der Waals surface area contributed by atoms with Crippen molar-refractivity contribution >= 4 is 33.4 Å². The van der Waals surface area contributed by atoms with Crippen molar-refractivity contribution in [3.8, 4) is 5.75 Å². The number of nitrogens with zero attached hydrogens (tertiary/aromatic N) is 1. The van der Waals surface area contributed by atoms with Crippen LogP contribution in [0.4, 0.5) is 10.1 Å². The summed E-state index contributed by atoms with van der Waals surface area (Å²) in [4.78, 5) is 26.0. The number of benzene rings is 2. The molecule has 0 heterocycles. The normalized spacial score (nSPS) is 10.2. The van der Waals surface area contributed by atoms with Crippen molar-refractivity contribution in [3.63, 3.8) is 0 Å². The number of carbonyl (C=O) groups is 2. The Labute approximate surface area is 153 Å². The van der Waals surface area contributed by atoms with Gasteiger partial charge in [-0.2, -0.15) is 0 Å². The van der Waals surface area contributed by atoms with E-state index in [1.807, 2.05) is 0 Å². The first-order chi connectivity index (χ1) is 11.9. The number of halogens is 2. The van der Waals surface area contributed by atoms with Crippen molar-refractivity contribution in [1.29, 1.82) is 0 Å². The van der Waals surface area contributed by atoms with Crippen molar-refractivity contribution in [2.75, 3.05) is 25.5 Å². The molecule has 1 N–H and O–H groups in total. The summed E-state index contributed by atoms with van der Waals surface area (Å²) >= 11 is 3.15. The van der Waals surface area contributed by atoms with E-state index in [-0.39, 0.29) is 24.6 Å². The van der Waals surface area contributed by atoms with Crippen LogP contribution in [0.1, 0.15) is 17.3 Å². The highest BCUT2D eigenvalue weighted by molar-refractivity contribution is 9.10. The first kappa shape index (κ1) is 18.9. The second-order valence-electron chi connectivity index (χ2n) is 5.22. The molecule has 0 fully saturated rings. The molecular weight excluding hydrogens is 391 g/mol. The zero-order chi connectivity index (χ0) is 18.4. The van der Waals surface area contributed by atoms with Crippen LogP contribution in [0.3, 0.4) is 0 Å². The van der Waals surface area contributed by atoms with Gasteiger partial charge in [0.1, 0.15) is 18.1 Å². The highest BCUT2D eigenvalue weighted by atomic mass is 79.9. The lowest BCUT2D eigenvalue weighted by Gasteiger charge is -2.21. The molecule has 2 rings (SSSR count). The zero-order valence-corrected chi connectivity index (χ0v) is 15.5. The monoisotopic (exact) mass is 408 g/mol. The maximum Gasteiger partial charge on any atom is 0.257 e. The van der Waals surface area contributed by atoms with Crippen molar-refractivity contribution in [2.45, 2.75) is 6.92 Å². The maximum absolute atomic E-state index is 14.0. The van der Waals surface area contributed by atoms with E-state index in [1.54, 1.807) is 37.3 Å². The van der Waals surface area contributed by atoms with E-state index in [1.165, 1.54) is 24.1 Å². The first-order valence-electron chi connectivity index (χ1n) is 7.62. The molecule has 0 bridgehead atoms. The predicted octanol–water partition coefficient (Wildman–Crippen LogP) is 3.70. The largest absolute Gasteiger partial charge is 0.497 e. The Morgan fingerprint density at radius 2 is 2.00 bits per heavy atom. The van der Waals surface area contributed by atoms with Crippen LogP contribution in [0, 0.1) is 5.82 Å². The van der Waals surface area contributed by atoms with Gasteiger partial charge in [-0.15, -0.1) is 0 Å². The van der Waals surface area contributed by atoms with Crippen LogP contribution in [-0.2, 0) is 4.79 Å². The van der Waals surface area contributed by atoms with E-state index in [0.717, 1.165) is 0 Å².